The molecule has 5 rings (SSSR count). The maximum Gasteiger partial charge on any atom is 0.140 e. The summed E-state index contributed by atoms with van der Waals surface area (Å²) in [6, 6.07) is 6.73. The van der Waals surface area contributed by atoms with Gasteiger partial charge in [0, 0.05) is 43.5 Å². The number of hydrogen-bond donors (Lipinski definition) is 0. The molecule has 0 spiro atoms. The minimum absolute atomic E-state index is 0.0970. The molecule has 7 heteroatoms. The van der Waals surface area contributed by atoms with Crippen molar-refractivity contribution in [1.82, 2.24) is 19.7 Å². The van der Waals surface area contributed by atoms with Crippen molar-refractivity contribution in [3.63, 3.8) is 0 Å². The Morgan fingerprint density at radius 1 is 1.14 bits per heavy atom. The lowest BCUT2D eigenvalue weighted by Gasteiger charge is -2.35. The number of methoxy groups -OCH3 is 1. The van der Waals surface area contributed by atoms with Crippen LogP contribution in [0.25, 0.3) is 5.69 Å². The summed E-state index contributed by atoms with van der Waals surface area (Å²) in [5, 5.41) is 9.99. The van der Waals surface area contributed by atoms with E-state index in [0.717, 1.165) is 80.8 Å². The highest BCUT2D eigenvalue weighted by Gasteiger charge is 2.33. The number of fused-ring (bicyclic) bond motifs is 3. The van der Waals surface area contributed by atoms with Crippen LogP contribution >= 0.6 is 11.6 Å². The summed E-state index contributed by atoms with van der Waals surface area (Å²) in [6.45, 7) is 4.00. The molecular weight excluding hydrogens is 376 g/mol. The summed E-state index contributed by atoms with van der Waals surface area (Å²) in [6.07, 6.45) is 5.11. The Balaban J connectivity index is 1.44. The first kappa shape index (κ1) is 18.6. The first-order valence-electron chi connectivity index (χ1n) is 10.3. The first-order valence-corrected chi connectivity index (χ1v) is 10.7. The summed E-state index contributed by atoms with van der Waals surface area (Å²) in [4.78, 5) is 2.60. The molecule has 0 N–H and O–H groups in total. The number of nitrogens with zero attached hydrogens (tertiary/aromatic N) is 4. The maximum absolute atomic E-state index is 6.29. The topological polar surface area (TPSA) is 52.4 Å². The Labute approximate surface area is 170 Å². The lowest BCUT2D eigenvalue weighted by atomic mass is 9.94. The van der Waals surface area contributed by atoms with Crippen LogP contribution in [0, 0.1) is 0 Å². The SMILES string of the molecule is COC1Cc2cc(Cl)ccc2-n2c(nnc2C2CCN([C@H]3CCOC3)CC2)C1. The molecule has 3 aliphatic heterocycles. The van der Waals surface area contributed by atoms with Gasteiger partial charge in [-0.2, -0.15) is 0 Å². The number of ether oxygens (including phenoxy) is 2. The van der Waals surface area contributed by atoms with E-state index in [1.165, 1.54) is 5.56 Å². The van der Waals surface area contributed by atoms with Gasteiger partial charge in [0.05, 0.1) is 18.4 Å². The molecule has 28 heavy (non-hydrogen) atoms. The Bertz CT molecular complexity index is 841. The molecule has 2 aromatic rings. The zero-order valence-corrected chi connectivity index (χ0v) is 17.1. The van der Waals surface area contributed by atoms with Crippen molar-refractivity contribution in [2.24, 2.45) is 0 Å². The predicted octanol–water partition coefficient (Wildman–Crippen LogP) is 3.00. The summed E-state index contributed by atoms with van der Waals surface area (Å²) < 4.78 is 13.6. The quantitative estimate of drug-likeness (QED) is 0.789. The van der Waals surface area contributed by atoms with Crippen LogP contribution in [0.3, 0.4) is 0 Å². The molecule has 0 radical (unpaired) electrons. The number of hydrogen-bond acceptors (Lipinski definition) is 5. The molecule has 3 aliphatic rings. The average Bonchev–Trinajstić information content (AvgIpc) is 3.36. The normalized spacial score (nSPS) is 26.1. The number of rotatable bonds is 3. The van der Waals surface area contributed by atoms with Gasteiger partial charge < -0.3 is 9.47 Å². The molecule has 0 saturated carbocycles. The van der Waals surface area contributed by atoms with E-state index in [1.54, 1.807) is 7.11 Å². The van der Waals surface area contributed by atoms with Crippen molar-refractivity contribution < 1.29 is 9.47 Å². The molecule has 1 aromatic carbocycles. The van der Waals surface area contributed by atoms with Crippen molar-refractivity contribution in [1.29, 1.82) is 0 Å². The van der Waals surface area contributed by atoms with Crippen LogP contribution in [-0.2, 0) is 22.3 Å². The third kappa shape index (κ3) is 3.36. The van der Waals surface area contributed by atoms with Gasteiger partial charge in [-0.1, -0.05) is 11.6 Å². The number of halogens is 1. The van der Waals surface area contributed by atoms with E-state index >= 15 is 0 Å². The Morgan fingerprint density at radius 2 is 2.00 bits per heavy atom. The van der Waals surface area contributed by atoms with E-state index in [1.807, 2.05) is 6.07 Å². The summed E-state index contributed by atoms with van der Waals surface area (Å²) >= 11 is 6.29. The van der Waals surface area contributed by atoms with Gasteiger partial charge in [-0.15, -0.1) is 10.2 Å². The zero-order chi connectivity index (χ0) is 19.1. The Hall–Kier alpha value is -1.47. The Kier molecular flexibility index (Phi) is 5.13. The molecule has 2 fully saturated rings. The van der Waals surface area contributed by atoms with Crippen molar-refractivity contribution in [2.45, 2.75) is 50.2 Å². The largest absolute Gasteiger partial charge is 0.381 e. The fourth-order valence-electron chi connectivity index (χ4n) is 4.95. The van der Waals surface area contributed by atoms with E-state index in [0.29, 0.717) is 12.0 Å². The maximum atomic E-state index is 6.29. The number of likely N-dealkylation sites (tertiary alicyclic amines) is 1. The van der Waals surface area contributed by atoms with Crippen molar-refractivity contribution in [3.8, 4) is 5.69 Å². The highest BCUT2D eigenvalue weighted by molar-refractivity contribution is 6.30. The third-order valence-corrected chi connectivity index (χ3v) is 6.78. The molecule has 2 atom stereocenters. The van der Waals surface area contributed by atoms with Gasteiger partial charge in [-0.25, -0.2) is 0 Å². The standard InChI is InChI=1S/C21H27ClN4O2/c1-27-18-11-15-10-16(22)2-3-19(15)26-20(12-18)23-24-21(26)14-4-7-25(8-5-14)17-6-9-28-13-17/h2-3,10,14,17-18H,4-9,11-13H2,1H3/t17-,18?/m0/s1. The highest BCUT2D eigenvalue weighted by atomic mass is 35.5. The molecule has 0 bridgehead atoms. The predicted molar refractivity (Wildman–Crippen MR) is 107 cm³/mol. The van der Waals surface area contributed by atoms with Crippen LogP contribution in [0.1, 0.15) is 42.4 Å². The van der Waals surface area contributed by atoms with Crippen molar-refractivity contribution in [3.05, 3.63) is 40.4 Å². The zero-order valence-electron chi connectivity index (χ0n) is 16.3. The molecule has 2 saturated heterocycles. The smallest absolute Gasteiger partial charge is 0.140 e. The van der Waals surface area contributed by atoms with Gasteiger partial charge >= 0.3 is 0 Å². The molecule has 150 valence electrons. The second-order valence-electron chi connectivity index (χ2n) is 8.18. The highest BCUT2D eigenvalue weighted by Crippen LogP contribution is 2.34. The molecule has 1 aromatic heterocycles. The summed E-state index contributed by atoms with van der Waals surface area (Å²) in [5.74, 6) is 2.52. The lowest BCUT2D eigenvalue weighted by molar-refractivity contribution is 0.103. The number of benzene rings is 1. The average molecular weight is 403 g/mol. The molecule has 0 aliphatic carbocycles. The summed E-state index contributed by atoms with van der Waals surface area (Å²) in [7, 11) is 1.77. The van der Waals surface area contributed by atoms with Gasteiger partial charge in [-0.3, -0.25) is 9.47 Å². The first-order chi connectivity index (χ1) is 13.7. The fraction of sp³-hybridized carbons (Fsp3) is 0.619. The second-order valence-corrected chi connectivity index (χ2v) is 8.61. The monoisotopic (exact) mass is 402 g/mol. The van der Waals surface area contributed by atoms with E-state index < -0.39 is 0 Å². The minimum atomic E-state index is 0.0970. The second kappa shape index (κ2) is 7.75. The minimum Gasteiger partial charge on any atom is -0.381 e. The summed E-state index contributed by atoms with van der Waals surface area (Å²) in [5.41, 5.74) is 2.37. The molecular formula is C21H27ClN4O2. The van der Waals surface area contributed by atoms with Gasteiger partial charge in [0.15, 0.2) is 0 Å². The van der Waals surface area contributed by atoms with Crippen LogP contribution in [0.15, 0.2) is 18.2 Å². The van der Waals surface area contributed by atoms with Gasteiger partial charge in [0.25, 0.3) is 0 Å². The van der Waals surface area contributed by atoms with Gasteiger partial charge in [-0.05, 0) is 56.1 Å². The van der Waals surface area contributed by atoms with Gasteiger partial charge in [0.2, 0.25) is 0 Å². The van der Waals surface area contributed by atoms with E-state index in [-0.39, 0.29) is 6.10 Å². The van der Waals surface area contributed by atoms with Crippen LogP contribution in [0.2, 0.25) is 5.02 Å². The van der Waals surface area contributed by atoms with E-state index in [9.17, 15) is 0 Å². The molecule has 1 unspecified atom stereocenters. The molecule has 0 amide bonds. The van der Waals surface area contributed by atoms with Crippen LogP contribution in [-0.4, -0.2) is 65.2 Å². The Morgan fingerprint density at radius 3 is 2.75 bits per heavy atom. The molecule has 4 heterocycles. The van der Waals surface area contributed by atoms with Crippen molar-refractivity contribution >= 4 is 11.6 Å². The van der Waals surface area contributed by atoms with Crippen LogP contribution < -0.4 is 0 Å². The number of aromatic nitrogens is 3. The van der Waals surface area contributed by atoms with Crippen LogP contribution in [0.4, 0.5) is 0 Å². The number of piperidine rings is 1. The fourth-order valence-corrected chi connectivity index (χ4v) is 5.14. The van der Waals surface area contributed by atoms with Crippen molar-refractivity contribution in [2.75, 3.05) is 33.4 Å². The third-order valence-electron chi connectivity index (χ3n) is 6.55. The van der Waals surface area contributed by atoms with E-state index in [2.05, 4.69) is 31.8 Å². The van der Waals surface area contributed by atoms with Crippen LogP contribution in [0.5, 0.6) is 0 Å². The van der Waals surface area contributed by atoms with E-state index in [4.69, 9.17) is 21.1 Å². The lowest BCUT2D eigenvalue weighted by Crippen LogP contribution is -2.41. The molecule has 6 nitrogen and oxygen atoms in total. The van der Waals surface area contributed by atoms with Gasteiger partial charge in [0.1, 0.15) is 11.6 Å².